The van der Waals surface area contributed by atoms with E-state index in [-0.39, 0.29) is 12.0 Å². The summed E-state index contributed by atoms with van der Waals surface area (Å²) in [6, 6.07) is 12.3. The molecule has 1 saturated heterocycles. The van der Waals surface area contributed by atoms with Gasteiger partial charge in [0, 0.05) is 13.0 Å². The molecule has 27 heavy (non-hydrogen) atoms. The van der Waals surface area contributed by atoms with Crippen LogP contribution in [-0.2, 0) is 16.1 Å². The number of hydrogen-bond donors (Lipinski definition) is 0. The lowest BCUT2D eigenvalue weighted by Crippen LogP contribution is -2.42. The van der Waals surface area contributed by atoms with E-state index in [2.05, 4.69) is 28.3 Å². The van der Waals surface area contributed by atoms with Crippen molar-refractivity contribution in [1.82, 2.24) is 19.7 Å². The molecule has 0 saturated carbocycles. The highest BCUT2D eigenvalue weighted by Crippen LogP contribution is 2.28. The van der Waals surface area contributed by atoms with Gasteiger partial charge in [0.2, 0.25) is 5.91 Å². The van der Waals surface area contributed by atoms with E-state index < -0.39 is 0 Å². The first-order valence-corrected chi connectivity index (χ1v) is 9.02. The standard InChI is InChI=1S/C20H22N4O3/c1-26-18-5-4-15-10-17(3-2-16(15)11-18)19-12-23(8-9-27-19)20(25)6-7-24-14-21-13-22-24/h2-5,10-11,13-14,19H,6-9,12H2,1H3/t19-/m1/s1. The van der Waals surface area contributed by atoms with Crippen LogP contribution in [0.1, 0.15) is 18.1 Å². The minimum atomic E-state index is -0.111. The van der Waals surface area contributed by atoms with Gasteiger partial charge in [0.05, 0.1) is 26.8 Å². The second-order valence-electron chi connectivity index (χ2n) is 6.58. The lowest BCUT2D eigenvalue weighted by molar-refractivity contribution is -0.139. The third-order valence-electron chi connectivity index (χ3n) is 4.88. The fourth-order valence-corrected chi connectivity index (χ4v) is 3.36. The summed E-state index contributed by atoms with van der Waals surface area (Å²) in [6.07, 6.45) is 3.40. The topological polar surface area (TPSA) is 69.5 Å². The molecule has 1 atom stereocenters. The van der Waals surface area contributed by atoms with Gasteiger partial charge in [-0.1, -0.05) is 18.2 Å². The summed E-state index contributed by atoms with van der Waals surface area (Å²) < 4.78 is 12.9. The van der Waals surface area contributed by atoms with Crippen molar-refractivity contribution in [3.63, 3.8) is 0 Å². The van der Waals surface area contributed by atoms with Crippen molar-refractivity contribution in [1.29, 1.82) is 0 Å². The van der Waals surface area contributed by atoms with Crippen molar-refractivity contribution >= 4 is 16.7 Å². The monoisotopic (exact) mass is 366 g/mol. The molecule has 1 aliphatic heterocycles. The molecule has 1 aliphatic rings. The summed E-state index contributed by atoms with van der Waals surface area (Å²) in [4.78, 5) is 18.3. The van der Waals surface area contributed by atoms with Crippen LogP contribution in [0.4, 0.5) is 0 Å². The number of hydrogen-bond acceptors (Lipinski definition) is 5. The van der Waals surface area contributed by atoms with Crippen molar-refractivity contribution in [2.24, 2.45) is 0 Å². The van der Waals surface area contributed by atoms with Crippen LogP contribution in [-0.4, -0.2) is 52.4 Å². The van der Waals surface area contributed by atoms with Gasteiger partial charge in [-0.2, -0.15) is 5.10 Å². The number of morpholine rings is 1. The lowest BCUT2D eigenvalue weighted by atomic mass is 10.0. The minimum absolute atomic E-state index is 0.111. The predicted octanol–water partition coefficient (Wildman–Crippen LogP) is 2.43. The number of carbonyl (C=O) groups is 1. The number of methoxy groups -OCH3 is 1. The maximum atomic E-state index is 12.5. The van der Waals surface area contributed by atoms with Gasteiger partial charge in [-0.15, -0.1) is 0 Å². The molecule has 1 fully saturated rings. The van der Waals surface area contributed by atoms with E-state index in [1.807, 2.05) is 23.1 Å². The molecule has 0 radical (unpaired) electrons. The molecule has 0 aliphatic carbocycles. The summed E-state index contributed by atoms with van der Waals surface area (Å²) in [5.74, 6) is 0.956. The lowest BCUT2D eigenvalue weighted by Gasteiger charge is -2.33. The van der Waals surface area contributed by atoms with Crippen molar-refractivity contribution in [3.05, 3.63) is 54.6 Å². The summed E-state index contributed by atoms with van der Waals surface area (Å²) in [6.45, 7) is 2.27. The number of amides is 1. The van der Waals surface area contributed by atoms with E-state index >= 15 is 0 Å². The number of nitrogens with zero attached hydrogens (tertiary/aromatic N) is 4. The number of aryl methyl sites for hydroxylation is 1. The van der Waals surface area contributed by atoms with Gasteiger partial charge >= 0.3 is 0 Å². The van der Waals surface area contributed by atoms with E-state index in [1.54, 1.807) is 18.1 Å². The van der Waals surface area contributed by atoms with Crippen LogP contribution in [0.3, 0.4) is 0 Å². The van der Waals surface area contributed by atoms with Crippen molar-refractivity contribution in [3.8, 4) is 5.75 Å². The first-order valence-electron chi connectivity index (χ1n) is 9.02. The smallest absolute Gasteiger partial charge is 0.224 e. The van der Waals surface area contributed by atoms with Crippen LogP contribution in [0.5, 0.6) is 5.75 Å². The zero-order valence-corrected chi connectivity index (χ0v) is 15.2. The van der Waals surface area contributed by atoms with Gasteiger partial charge in [0.25, 0.3) is 0 Å². The Bertz CT molecular complexity index is 926. The van der Waals surface area contributed by atoms with Crippen molar-refractivity contribution in [2.75, 3.05) is 26.8 Å². The zero-order valence-electron chi connectivity index (χ0n) is 15.2. The average molecular weight is 366 g/mol. The van der Waals surface area contributed by atoms with Crippen LogP contribution in [0, 0.1) is 0 Å². The summed E-state index contributed by atoms with van der Waals surface area (Å²) in [5, 5.41) is 6.29. The van der Waals surface area contributed by atoms with Gasteiger partial charge in [-0.05, 0) is 34.5 Å². The highest BCUT2D eigenvalue weighted by Gasteiger charge is 2.25. The molecule has 0 N–H and O–H groups in total. The SMILES string of the molecule is COc1ccc2cc([C@H]3CN(C(=O)CCn4cncn4)CCO3)ccc2c1. The van der Waals surface area contributed by atoms with Crippen LogP contribution in [0.25, 0.3) is 10.8 Å². The number of fused-ring (bicyclic) bond motifs is 1. The Labute approximate surface area is 157 Å². The molecular formula is C20H22N4O3. The average Bonchev–Trinajstić information content (AvgIpc) is 3.25. The molecular weight excluding hydrogens is 344 g/mol. The van der Waals surface area contributed by atoms with E-state index in [9.17, 15) is 4.79 Å². The molecule has 4 rings (SSSR count). The van der Waals surface area contributed by atoms with Crippen LogP contribution >= 0.6 is 0 Å². The molecule has 1 aromatic heterocycles. The number of benzene rings is 2. The Hall–Kier alpha value is -2.93. The summed E-state index contributed by atoms with van der Waals surface area (Å²) in [7, 11) is 1.67. The molecule has 3 aromatic rings. The molecule has 2 aromatic carbocycles. The number of aromatic nitrogens is 3. The highest BCUT2D eigenvalue weighted by atomic mass is 16.5. The molecule has 140 valence electrons. The molecule has 2 heterocycles. The van der Waals surface area contributed by atoms with E-state index in [0.717, 1.165) is 22.1 Å². The van der Waals surface area contributed by atoms with Gasteiger partial charge in [0.15, 0.2) is 0 Å². The Kier molecular flexibility index (Phi) is 5.02. The number of carbonyl (C=O) groups excluding carboxylic acids is 1. The van der Waals surface area contributed by atoms with Crippen molar-refractivity contribution in [2.45, 2.75) is 19.1 Å². The van der Waals surface area contributed by atoms with Gasteiger partial charge in [0.1, 0.15) is 24.5 Å². The Morgan fingerprint density at radius 3 is 2.93 bits per heavy atom. The molecule has 0 unspecified atom stereocenters. The molecule has 0 spiro atoms. The fourth-order valence-electron chi connectivity index (χ4n) is 3.36. The first kappa shape index (κ1) is 17.5. The number of rotatable bonds is 5. The third kappa shape index (κ3) is 3.93. The summed E-state index contributed by atoms with van der Waals surface area (Å²) in [5.41, 5.74) is 1.08. The zero-order chi connectivity index (χ0) is 18.6. The maximum Gasteiger partial charge on any atom is 0.224 e. The van der Waals surface area contributed by atoms with Gasteiger partial charge in [-0.25, -0.2) is 4.98 Å². The summed E-state index contributed by atoms with van der Waals surface area (Å²) >= 11 is 0. The highest BCUT2D eigenvalue weighted by molar-refractivity contribution is 5.84. The maximum absolute atomic E-state index is 12.5. The quantitative estimate of drug-likeness (QED) is 0.694. The van der Waals surface area contributed by atoms with Crippen LogP contribution < -0.4 is 4.74 Å². The molecule has 7 nitrogen and oxygen atoms in total. The fraction of sp³-hybridized carbons (Fsp3) is 0.350. The van der Waals surface area contributed by atoms with Gasteiger partial charge in [-0.3, -0.25) is 9.48 Å². The normalized spacial score (nSPS) is 17.2. The van der Waals surface area contributed by atoms with E-state index in [4.69, 9.17) is 9.47 Å². The van der Waals surface area contributed by atoms with E-state index in [1.165, 1.54) is 6.33 Å². The van der Waals surface area contributed by atoms with E-state index in [0.29, 0.717) is 32.7 Å². The van der Waals surface area contributed by atoms with Crippen molar-refractivity contribution < 1.29 is 14.3 Å². The Balaban J connectivity index is 1.44. The van der Waals surface area contributed by atoms with Crippen LogP contribution in [0.15, 0.2) is 49.1 Å². The minimum Gasteiger partial charge on any atom is -0.497 e. The molecule has 7 heteroatoms. The Morgan fingerprint density at radius 2 is 2.11 bits per heavy atom. The number of ether oxygens (including phenoxy) is 2. The Morgan fingerprint density at radius 1 is 1.26 bits per heavy atom. The van der Waals surface area contributed by atoms with Crippen LogP contribution in [0.2, 0.25) is 0 Å². The second kappa shape index (κ2) is 7.75. The second-order valence-corrected chi connectivity index (χ2v) is 6.58. The predicted molar refractivity (Wildman–Crippen MR) is 100 cm³/mol. The largest absolute Gasteiger partial charge is 0.497 e. The first-order chi connectivity index (χ1) is 13.2. The molecule has 0 bridgehead atoms. The molecule has 1 amide bonds. The third-order valence-corrected chi connectivity index (χ3v) is 4.88. The van der Waals surface area contributed by atoms with Gasteiger partial charge < -0.3 is 14.4 Å².